The first-order valence-electron chi connectivity index (χ1n) is 5.36. The molecule has 2 N–H and O–H groups in total. The van der Waals surface area contributed by atoms with E-state index in [9.17, 15) is 5.11 Å². The predicted octanol–water partition coefficient (Wildman–Crippen LogP) is 3.67. The summed E-state index contributed by atoms with van der Waals surface area (Å²) < 4.78 is 5.65. The van der Waals surface area contributed by atoms with Crippen molar-refractivity contribution >= 4 is 10.9 Å². The number of benzene rings is 2. The van der Waals surface area contributed by atoms with Crippen molar-refractivity contribution in [3.8, 4) is 17.4 Å². The molecule has 0 bridgehead atoms. The molecule has 1 heterocycles. The minimum Gasteiger partial charge on any atom is -0.508 e. The highest BCUT2D eigenvalue weighted by Crippen LogP contribution is 2.26. The zero-order valence-electron chi connectivity index (χ0n) is 9.05. The maximum absolute atomic E-state index is 9.17. The monoisotopic (exact) mass is 225 g/mol. The van der Waals surface area contributed by atoms with Crippen LogP contribution in [0.4, 0.5) is 0 Å². The Labute approximate surface area is 98.3 Å². The molecule has 17 heavy (non-hydrogen) atoms. The van der Waals surface area contributed by atoms with Crippen molar-refractivity contribution in [3.63, 3.8) is 0 Å². The van der Waals surface area contributed by atoms with E-state index in [-0.39, 0.29) is 5.75 Å². The molecule has 0 amide bonds. The molecule has 0 aliphatic carbocycles. The van der Waals surface area contributed by atoms with Gasteiger partial charge in [-0.1, -0.05) is 18.2 Å². The summed E-state index contributed by atoms with van der Waals surface area (Å²) in [7, 11) is 0. The minimum absolute atomic E-state index is 0.231. The number of H-pyrrole nitrogens is 1. The predicted molar refractivity (Wildman–Crippen MR) is 66.5 cm³/mol. The van der Waals surface area contributed by atoms with E-state index >= 15 is 0 Å². The number of phenolic OH excluding ortho intramolecular Hbond substituents is 1. The van der Waals surface area contributed by atoms with Crippen molar-refractivity contribution in [2.45, 2.75) is 0 Å². The molecule has 3 rings (SSSR count). The lowest BCUT2D eigenvalue weighted by Gasteiger charge is -2.02. The second kappa shape index (κ2) is 3.87. The van der Waals surface area contributed by atoms with Gasteiger partial charge in [-0.15, -0.1) is 0 Å². The van der Waals surface area contributed by atoms with Gasteiger partial charge in [0.05, 0.1) is 0 Å². The van der Waals surface area contributed by atoms with Crippen LogP contribution in [0.2, 0.25) is 0 Å². The zero-order chi connectivity index (χ0) is 11.7. The van der Waals surface area contributed by atoms with Gasteiger partial charge in [0.2, 0.25) is 0 Å². The average Bonchev–Trinajstić information content (AvgIpc) is 2.74. The van der Waals surface area contributed by atoms with Gasteiger partial charge in [0.25, 0.3) is 0 Å². The molecular formula is C14H11NO2. The highest BCUT2D eigenvalue weighted by molar-refractivity contribution is 5.81. The summed E-state index contributed by atoms with van der Waals surface area (Å²) in [6.07, 6.45) is 0. The van der Waals surface area contributed by atoms with Gasteiger partial charge in [0, 0.05) is 17.0 Å². The summed E-state index contributed by atoms with van der Waals surface area (Å²) in [5.74, 6) is 1.61. The van der Waals surface area contributed by atoms with Crippen LogP contribution in [-0.2, 0) is 0 Å². The molecule has 0 radical (unpaired) electrons. The van der Waals surface area contributed by atoms with Crippen LogP contribution in [0.25, 0.3) is 10.9 Å². The van der Waals surface area contributed by atoms with Crippen LogP contribution in [0.1, 0.15) is 0 Å². The van der Waals surface area contributed by atoms with Crippen molar-refractivity contribution < 1.29 is 9.84 Å². The Morgan fingerprint density at radius 1 is 0.941 bits per heavy atom. The fraction of sp³-hybridized carbons (Fsp3) is 0. The standard InChI is InChI=1S/C14H11NO2/c16-11-5-7-12(8-6-11)17-14-9-10-3-1-2-4-13(10)15-14/h1-9,15-16H. The van der Waals surface area contributed by atoms with Crippen LogP contribution in [0.5, 0.6) is 17.4 Å². The quantitative estimate of drug-likeness (QED) is 0.699. The normalized spacial score (nSPS) is 10.6. The van der Waals surface area contributed by atoms with Crippen molar-refractivity contribution in [3.05, 3.63) is 54.6 Å². The molecule has 0 saturated carbocycles. The van der Waals surface area contributed by atoms with Crippen LogP contribution in [0.3, 0.4) is 0 Å². The molecule has 0 atom stereocenters. The van der Waals surface area contributed by atoms with E-state index in [2.05, 4.69) is 4.98 Å². The molecule has 2 aromatic carbocycles. The summed E-state index contributed by atoms with van der Waals surface area (Å²) in [5.41, 5.74) is 1.04. The average molecular weight is 225 g/mol. The molecule has 3 nitrogen and oxygen atoms in total. The van der Waals surface area contributed by atoms with Gasteiger partial charge in [-0.2, -0.15) is 0 Å². The highest BCUT2D eigenvalue weighted by Gasteiger charge is 2.02. The topological polar surface area (TPSA) is 45.2 Å². The van der Waals surface area contributed by atoms with E-state index in [4.69, 9.17) is 4.74 Å². The minimum atomic E-state index is 0.231. The van der Waals surface area contributed by atoms with Gasteiger partial charge < -0.3 is 14.8 Å². The molecule has 0 unspecified atom stereocenters. The summed E-state index contributed by atoms with van der Waals surface area (Å²) in [5, 5.41) is 10.3. The van der Waals surface area contributed by atoms with Gasteiger partial charge in [-0.25, -0.2) is 0 Å². The number of nitrogens with one attached hydrogen (secondary N) is 1. The van der Waals surface area contributed by atoms with Gasteiger partial charge in [-0.05, 0) is 30.3 Å². The van der Waals surface area contributed by atoms with Gasteiger partial charge in [0.1, 0.15) is 11.5 Å². The van der Waals surface area contributed by atoms with E-state index in [1.807, 2.05) is 30.3 Å². The molecule has 0 aliphatic rings. The first kappa shape index (κ1) is 9.78. The Morgan fingerprint density at radius 2 is 1.71 bits per heavy atom. The Hall–Kier alpha value is -2.42. The number of phenols is 1. The zero-order valence-corrected chi connectivity index (χ0v) is 9.05. The fourth-order valence-corrected chi connectivity index (χ4v) is 1.74. The third kappa shape index (κ3) is 1.95. The van der Waals surface area contributed by atoms with E-state index in [1.54, 1.807) is 24.3 Å². The Bertz CT molecular complexity index is 608. The van der Waals surface area contributed by atoms with Crippen LogP contribution >= 0.6 is 0 Å². The Balaban J connectivity index is 1.92. The molecule has 0 saturated heterocycles. The molecular weight excluding hydrogens is 214 g/mol. The lowest BCUT2D eigenvalue weighted by molar-refractivity contribution is 0.457. The van der Waals surface area contributed by atoms with Crippen LogP contribution in [0, 0.1) is 0 Å². The van der Waals surface area contributed by atoms with E-state index in [1.165, 1.54) is 0 Å². The molecule has 0 spiro atoms. The summed E-state index contributed by atoms with van der Waals surface area (Å²) in [6.45, 7) is 0. The second-order valence-electron chi connectivity index (χ2n) is 3.82. The van der Waals surface area contributed by atoms with Gasteiger partial charge in [-0.3, -0.25) is 0 Å². The van der Waals surface area contributed by atoms with Crippen molar-refractivity contribution in [2.24, 2.45) is 0 Å². The molecule has 0 fully saturated rings. The largest absolute Gasteiger partial charge is 0.508 e. The van der Waals surface area contributed by atoms with Gasteiger partial charge >= 0.3 is 0 Å². The molecule has 1 aromatic heterocycles. The highest BCUT2D eigenvalue weighted by atomic mass is 16.5. The SMILES string of the molecule is Oc1ccc(Oc2cc3ccccc3[nH]2)cc1. The number of hydrogen-bond acceptors (Lipinski definition) is 2. The van der Waals surface area contributed by atoms with Crippen LogP contribution < -0.4 is 4.74 Å². The summed E-state index contributed by atoms with van der Waals surface area (Å²) in [6, 6.07) is 16.6. The summed E-state index contributed by atoms with van der Waals surface area (Å²) in [4.78, 5) is 3.17. The molecule has 0 aliphatic heterocycles. The third-order valence-corrected chi connectivity index (χ3v) is 2.57. The second-order valence-corrected chi connectivity index (χ2v) is 3.82. The van der Waals surface area contributed by atoms with E-state index < -0.39 is 0 Å². The van der Waals surface area contributed by atoms with Crippen molar-refractivity contribution in [2.75, 3.05) is 0 Å². The van der Waals surface area contributed by atoms with E-state index in [0.717, 1.165) is 10.9 Å². The number of ether oxygens (including phenoxy) is 1. The van der Waals surface area contributed by atoms with Crippen molar-refractivity contribution in [1.82, 2.24) is 4.98 Å². The van der Waals surface area contributed by atoms with E-state index in [0.29, 0.717) is 11.6 Å². The summed E-state index contributed by atoms with van der Waals surface area (Å²) >= 11 is 0. The van der Waals surface area contributed by atoms with Crippen molar-refractivity contribution in [1.29, 1.82) is 0 Å². The number of aromatic amines is 1. The lowest BCUT2D eigenvalue weighted by Crippen LogP contribution is -1.82. The molecule has 3 aromatic rings. The number of aromatic nitrogens is 1. The maximum atomic E-state index is 9.17. The number of hydrogen-bond donors (Lipinski definition) is 2. The smallest absolute Gasteiger partial charge is 0.198 e. The Morgan fingerprint density at radius 3 is 2.47 bits per heavy atom. The Kier molecular flexibility index (Phi) is 2.22. The number of para-hydroxylation sites is 1. The third-order valence-electron chi connectivity index (χ3n) is 2.57. The van der Waals surface area contributed by atoms with Crippen LogP contribution in [0.15, 0.2) is 54.6 Å². The number of aromatic hydroxyl groups is 1. The number of fused-ring (bicyclic) bond motifs is 1. The maximum Gasteiger partial charge on any atom is 0.198 e. The molecule has 84 valence electrons. The van der Waals surface area contributed by atoms with Gasteiger partial charge in [0.15, 0.2) is 5.88 Å². The first-order valence-corrected chi connectivity index (χ1v) is 5.36. The number of rotatable bonds is 2. The lowest BCUT2D eigenvalue weighted by atomic mass is 10.3. The first-order chi connectivity index (χ1) is 8.31. The van der Waals surface area contributed by atoms with Crippen LogP contribution in [-0.4, -0.2) is 10.1 Å². The fourth-order valence-electron chi connectivity index (χ4n) is 1.74. The molecule has 3 heteroatoms.